The van der Waals surface area contributed by atoms with Crippen LogP contribution < -0.4 is 21.1 Å². The Bertz CT molecular complexity index is 1480. The Morgan fingerprint density at radius 2 is 1.95 bits per heavy atom. The summed E-state index contributed by atoms with van der Waals surface area (Å²) in [6.07, 6.45) is 3.01. The van der Waals surface area contributed by atoms with Gasteiger partial charge in [-0.1, -0.05) is 41.6 Å². The molecule has 0 unspecified atom stereocenters. The molecule has 0 aliphatic rings. The fraction of sp³-hybridized carbons (Fsp3) is 0.107. The van der Waals surface area contributed by atoms with Crippen LogP contribution >= 0.6 is 11.6 Å². The Kier molecular flexibility index (Phi) is 8.31. The molecule has 186 valence electrons. The number of hydrogen-bond acceptors (Lipinski definition) is 6. The Labute approximate surface area is 218 Å². The highest BCUT2D eigenvalue weighted by Crippen LogP contribution is 2.30. The van der Waals surface area contributed by atoms with Gasteiger partial charge in [-0.25, -0.2) is 14.4 Å². The predicted molar refractivity (Wildman–Crippen MR) is 142 cm³/mol. The topological polar surface area (TPSA) is 102 Å². The molecule has 1 atom stereocenters. The van der Waals surface area contributed by atoms with E-state index in [0.29, 0.717) is 44.7 Å². The minimum Gasteiger partial charge on any atom is -0.487 e. The van der Waals surface area contributed by atoms with Gasteiger partial charge >= 0.3 is 0 Å². The zero-order valence-electron chi connectivity index (χ0n) is 19.8. The number of amides is 1. The summed E-state index contributed by atoms with van der Waals surface area (Å²) >= 11 is 6.41. The number of carbonyl (C=O) groups is 1. The van der Waals surface area contributed by atoms with E-state index in [9.17, 15) is 9.18 Å². The molecule has 0 bridgehead atoms. The summed E-state index contributed by atoms with van der Waals surface area (Å²) in [7, 11) is 0. The second kappa shape index (κ2) is 12.0. The molecular weight excluding hydrogens is 493 g/mol. The third-order valence-corrected chi connectivity index (χ3v) is 5.37. The van der Waals surface area contributed by atoms with Crippen LogP contribution in [0.4, 0.5) is 21.6 Å². The molecule has 0 aliphatic heterocycles. The van der Waals surface area contributed by atoms with Crippen molar-refractivity contribution >= 4 is 34.7 Å². The monoisotopic (exact) mass is 515 g/mol. The molecule has 0 aliphatic carbocycles. The number of carbonyl (C=O) groups excluding carboxylic acids is 1. The van der Waals surface area contributed by atoms with Crippen LogP contribution in [0.1, 0.15) is 23.6 Å². The molecule has 4 aromatic rings. The lowest BCUT2D eigenvalue weighted by Crippen LogP contribution is -2.32. The molecule has 4 N–H and O–H groups in total. The maximum atomic E-state index is 13.4. The number of benzene rings is 3. The van der Waals surface area contributed by atoms with E-state index in [2.05, 4.69) is 32.4 Å². The molecular formula is C28H23ClFN5O2. The quantitative estimate of drug-likeness (QED) is 0.289. The minimum atomic E-state index is -0.618. The van der Waals surface area contributed by atoms with Crippen LogP contribution in [0.2, 0.25) is 5.02 Å². The fourth-order valence-corrected chi connectivity index (χ4v) is 3.45. The van der Waals surface area contributed by atoms with E-state index in [-0.39, 0.29) is 18.3 Å². The lowest BCUT2D eigenvalue weighted by Gasteiger charge is -2.11. The molecule has 1 amide bonds. The molecule has 0 fully saturated rings. The molecule has 0 spiro atoms. The highest BCUT2D eigenvalue weighted by Gasteiger charge is 2.09. The lowest BCUT2D eigenvalue weighted by molar-refractivity contribution is -0.117. The van der Waals surface area contributed by atoms with Gasteiger partial charge in [0.2, 0.25) is 5.91 Å². The van der Waals surface area contributed by atoms with Crippen molar-refractivity contribution in [2.45, 2.75) is 19.6 Å². The van der Waals surface area contributed by atoms with E-state index in [1.165, 1.54) is 18.5 Å². The van der Waals surface area contributed by atoms with Gasteiger partial charge in [-0.3, -0.25) is 4.79 Å². The average Bonchev–Trinajstić information content (AvgIpc) is 2.88. The first kappa shape index (κ1) is 25.6. The highest BCUT2D eigenvalue weighted by atomic mass is 35.5. The van der Waals surface area contributed by atoms with Gasteiger partial charge in [0.05, 0.1) is 16.6 Å². The van der Waals surface area contributed by atoms with Gasteiger partial charge in [0.1, 0.15) is 30.3 Å². The van der Waals surface area contributed by atoms with Crippen molar-refractivity contribution < 1.29 is 13.9 Å². The molecule has 0 radical (unpaired) electrons. The number of anilines is 3. The van der Waals surface area contributed by atoms with Crippen LogP contribution in [0.15, 0.2) is 79.3 Å². The van der Waals surface area contributed by atoms with Crippen molar-refractivity contribution in [2.75, 3.05) is 10.6 Å². The van der Waals surface area contributed by atoms with E-state index in [0.717, 1.165) is 0 Å². The normalized spacial score (nSPS) is 11.1. The van der Waals surface area contributed by atoms with Gasteiger partial charge < -0.3 is 21.1 Å². The van der Waals surface area contributed by atoms with Crippen LogP contribution in [0.3, 0.4) is 0 Å². The lowest BCUT2D eigenvalue weighted by atomic mass is 10.2. The number of nitrogens with one attached hydrogen (secondary N) is 2. The maximum Gasteiger partial charge on any atom is 0.240 e. The molecule has 4 rings (SSSR count). The van der Waals surface area contributed by atoms with Gasteiger partial charge in [-0.15, -0.1) is 0 Å². The molecule has 9 heteroatoms. The second-order valence-electron chi connectivity index (χ2n) is 8.08. The van der Waals surface area contributed by atoms with Crippen LogP contribution in [-0.2, 0) is 11.4 Å². The van der Waals surface area contributed by atoms with Gasteiger partial charge in [-0.05, 0) is 61.0 Å². The van der Waals surface area contributed by atoms with E-state index in [1.807, 2.05) is 6.07 Å². The van der Waals surface area contributed by atoms with Crippen molar-refractivity contribution in [3.05, 3.63) is 107 Å². The van der Waals surface area contributed by atoms with E-state index in [4.69, 9.17) is 22.1 Å². The Morgan fingerprint density at radius 3 is 2.73 bits per heavy atom. The number of rotatable bonds is 7. The molecule has 1 heterocycles. The van der Waals surface area contributed by atoms with Crippen molar-refractivity contribution in [1.82, 2.24) is 9.97 Å². The second-order valence-corrected chi connectivity index (χ2v) is 8.49. The maximum absolute atomic E-state index is 13.4. The number of ether oxygens (including phenoxy) is 1. The molecule has 7 nitrogen and oxygen atoms in total. The summed E-state index contributed by atoms with van der Waals surface area (Å²) in [6, 6.07) is 17.9. The van der Waals surface area contributed by atoms with Crippen LogP contribution in [0, 0.1) is 17.7 Å². The number of nitrogens with two attached hydrogens (primary N) is 1. The van der Waals surface area contributed by atoms with Crippen molar-refractivity contribution in [1.29, 1.82) is 0 Å². The SMILES string of the molecule is C[C@H](N)C(=O)Nc1cccc(C#Cc2cncnc2Nc2ccc(OCc3cccc(F)c3)c(Cl)c2)c1. The van der Waals surface area contributed by atoms with Gasteiger partial charge in [0.25, 0.3) is 0 Å². The molecule has 3 aromatic carbocycles. The minimum absolute atomic E-state index is 0.187. The van der Waals surface area contributed by atoms with E-state index < -0.39 is 6.04 Å². The number of halogens is 2. The molecule has 1 aromatic heterocycles. The van der Waals surface area contributed by atoms with Crippen molar-refractivity contribution in [3.8, 4) is 17.6 Å². The number of nitrogens with zero attached hydrogens (tertiary/aromatic N) is 2. The first-order valence-electron chi connectivity index (χ1n) is 11.3. The van der Waals surface area contributed by atoms with E-state index >= 15 is 0 Å². The fourth-order valence-electron chi connectivity index (χ4n) is 3.21. The average molecular weight is 516 g/mol. The summed E-state index contributed by atoms with van der Waals surface area (Å²) in [6.45, 7) is 1.80. The third-order valence-electron chi connectivity index (χ3n) is 5.08. The first-order valence-corrected chi connectivity index (χ1v) is 11.7. The van der Waals surface area contributed by atoms with Crippen LogP contribution in [0.25, 0.3) is 0 Å². The summed E-state index contributed by atoms with van der Waals surface area (Å²) in [5.41, 5.74) is 8.84. The summed E-state index contributed by atoms with van der Waals surface area (Å²) in [4.78, 5) is 20.2. The van der Waals surface area contributed by atoms with Gasteiger partial charge in [0.15, 0.2) is 0 Å². The standard InChI is InChI=1S/C28H23ClFN5O2/c1-18(31)28(36)35-23-7-3-4-19(13-23)8-9-21-15-32-17-33-27(21)34-24-10-11-26(25(29)14-24)37-16-20-5-2-6-22(30)12-20/h2-7,10-15,17-18H,16,31H2,1H3,(H,35,36)(H,32,33,34)/t18-/m0/s1. The summed E-state index contributed by atoms with van der Waals surface area (Å²) in [5.74, 6) is 6.48. The Balaban J connectivity index is 1.46. The van der Waals surface area contributed by atoms with E-state index in [1.54, 1.807) is 61.7 Å². The largest absolute Gasteiger partial charge is 0.487 e. The van der Waals surface area contributed by atoms with Gasteiger partial charge in [0, 0.05) is 23.1 Å². The van der Waals surface area contributed by atoms with Gasteiger partial charge in [-0.2, -0.15) is 0 Å². The smallest absolute Gasteiger partial charge is 0.240 e. The van der Waals surface area contributed by atoms with Crippen LogP contribution in [0.5, 0.6) is 5.75 Å². The zero-order valence-corrected chi connectivity index (χ0v) is 20.6. The summed E-state index contributed by atoms with van der Waals surface area (Å²) < 4.78 is 19.1. The Hall–Kier alpha value is -4.45. The highest BCUT2D eigenvalue weighted by molar-refractivity contribution is 6.32. The number of aromatic nitrogens is 2. The molecule has 0 saturated carbocycles. The molecule has 0 saturated heterocycles. The number of hydrogen-bond donors (Lipinski definition) is 3. The Morgan fingerprint density at radius 1 is 1.11 bits per heavy atom. The third kappa shape index (κ3) is 7.27. The van der Waals surface area contributed by atoms with Crippen molar-refractivity contribution in [3.63, 3.8) is 0 Å². The van der Waals surface area contributed by atoms with Crippen LogP contribution in [-0.4, -0.2) is 21.9 Å². The zero-order chi connectivity index (χ0) is 26.2. The van der Waals surface area contributed by atoms with Crippen molar-refractivity contribution in [2.24, 2.45) is 5.73 Å². The summed E-state index contributed by atoms with van der Waals surface area (Å²) in [5, 5.41) is 6.32. The molecule has 37 heavy (non-hydrogen) atoms. The first-order chi connectivity index (χ1) is 17.9. The predicted octanol–water partition coefficient (Wildman–Crippen LogP) is 5.28.